The number of anilines is 2. The molecule has 0 unspecified atom stereocenters. The summed E-state index contributed by atoms with van der Waals surface area (Å²) in [6.45, 7) is 3.64. The number of thioether (sulfide) groups is 1. The van der Waals surface area contributed by atoms with E-state index in [1.807, 2.05) is 0 Å². The highest BCUT2D eigenvalue weighted by Gasteiger charge is 2.15. The lowest BCUT2D eigenvalue weighted by atomic mass is 10.2. The minimum atomic E-state index is -1.69. The van der Waals surface area contributed by atoms with Gasteiger partial charge in [0.05, 0.1) is 18.0 Å². The number of nitrogens with zero attached hydrogens (tertiary/aromatic N) is 2. The number of hydrogen-bond donors (Lipinski definition) is 3. The van der Waals surface area contributed by atoms with E-state index < -0.39 is 41.5 Å². The highest BCUT2D eigenvalue weighted by atomic mass is 32.2. The molecular formula is C15H14F3N5O2S2. The Balaban J connectivity index is 1.75. The third kappa shape index (κ3) is 6.25. The molecule has 3 N–H and O–H groups in total. The zero-order valence-electron chi connectivity index (χ0n) is 13.7. The summed E-state index contributed by atoms with van der Waals surface area (Å²) in [5.74, 6) is -5.82. The summed E-state index contributed by atoms with van der Waals surface area (Å²) in [6.07, 6.45) is 1.67. The summed E-state index contributed by atoms with van der Waals surface area (Å²) in [5.41, 5.74) is -0.518. The van der Waals surface area contributed by atoms with Crippen LogP contribution in [-0.4, -0.2) is 40.9 Å². The maximum Gasteiger partial charge on any atom is 0.243 e. The van der Waals surface area contributed by atoms with Crippen LogP contribution in [0, 0.1) is 17.5 Å². The predicted octanol–water partition coefficient (Wildman–Crippen LogP) is 2.40. The van der Waals surface area contributed by atoms with Gasteiger partial charge in [0.25, 0.3) is 0 Å². The van der Waals surface area contributed by atoms with E-state index in [-0.39, 0.29) is 5.75 Å². The standard InChI is InChI=1S/C15H14F3N5O2S2/c1-2-5-19-14-22-23-15(27-14)26-7-11(25)20-6-10(24)21-9-4-3-8(16)12(17)13(9)18/h2-4H,1,5-7H2,(H,19,22)(H,20,25)(H,21,24). The Bertz CT molecular complexity index is 847. The van der Waals surface area contributed by atoms with E-state index in [0.717, 1.165) is 17.8 Å². The van der Waals surface area contributed by atoms with E-state index in [4.69, 9.17) is 0 Å². The molecule has 2 rings (SSSR count). The van der Waals surface area contributed by atoms with Gasteiger partial charge in [0, 0.05) is 6.54 Å². The maximum absolute atomic E-state index is 13.5. The molecule has 2 aromatic rings. The van der Waals surface area contributed by atoms with Gasteiger partial charge in [0.2, 0.25) is 16.9 Å². The van der Waals surface area contributed by atoms with E-state index in [2.05, 4.69) is 32.7 Å². The SMILES string of the molecule is C=CCNc1nnc(SCC(=O)NCC(=O)Nc2ccc(F)c(F)c2F)s1. The molecule has 0 saturated carbocycles. The molecule has 0 atom stereocenters. The summed E-state index contributed by atoms with van der Waals surface area (Å²) in [4.78, 5) is 23.4. The van der Waals surface area contributed by atoms with E-state index >= 15 is 0 Å². The topological polar surface area (TPSA) is 96.0 Å². The van der Waals surface area contributed by atoms with Gasteiger partial charge >= 0.3 is 0 Å². The molecule has 0 radical (unpaired) electrons. The molecule has 7 nitrogen and oxygen atoms in total. The first-order valence-corrected chi connectivity index (χ1v) is 9.22. The first-order chi connectivity index (χ1) is 12.9. The summed E-state index contributed by atoms with van der Waals surface area (Å²) < 4.78 is 40.0. The van der Waals surface area contributed by atoms with Crippen molar-refractivity contribution in [2.75, 3.05) is 29.5 Å². The minimum absolute atomic E-state index is 0.0110. The Morgan fingerprint density at radius 1 is 1.19 bits per heavy atom. The van der Waals surface area contributed by atoms with Gasteiger partial charge in [-0.3, -0.25) is 9.59 Å². The number of hydrogen-bond acceptors (Lipinski definition) is 7. The second-order valence-electron chi connectivity index (χ2n) is 4.88. The average Bonchev–Trinajstić information content (AvgIpc) is 3.11. The smallest absolute Gasteiger partial charge is 0.243 e. The molecule has 144 valence electrons. The fraction of sp³-hybridized carbons (Fsp3) is 0.200. The Labute approximate surface area is 160 Å². The van der Waals surface area contributed by atoms with E-state index in [9.17, 15) is 22.8 Å². The molecule has 0 aliphatic carbocycles. The fourth-order valence-electron chi connectivity index (χ4n) is 1.67. The normalized spacial score (nSPS) is 10.3. The predicted molar refractivity (Wildman–Crippen MR) is 97.3 cm³/mol. The fourth-order valence-corrected chi connectivity index (χ4v) is 3.26. The molecule has 1 aromatic heterocycles. The van der Waals surface area contributed by atoms with Crippen LogP contribution < -0.4 is 16.0 Å². The number of halogens is 3. The van der Waals surface area contributed by atoms with Gasteiger partial charge in [0.15, 0.2) is 21.8 Å². The van der Waals surface area contributed by atoms with Gasteiger partial charge in [0.1, 0.15) is 0 Å². The second kappa shape index (κ2) is 9.92. The van der Waals surface area contributed by atoms with Gasteiger partial charge in [-0.1, -0.05) is 29.2 Å². The quantitative estimate of drug-likeness (QED) is 0.329. The molecule has 0 fully saturated rings. The van der Waals surface area contributed by atoms with Crippen LogP contribution in [0.25, 0.3) is 0 Å². The van der Waals surface area contributed by atoms with E-state index in [1.165, 1.54) is 11.3 Å². The average molecular weight is 417 g/mol. The van der Waals surface area contributed by atoms with Crippen LogP contribution in [0.15, 0.2) is 29.1 Å². The first kappa shape index (κ1) is 20.7. The third-order valence-corrected chi connectivity index (χ3v) is 4.90. The van der Waals surface area contributed by atoms with Gasteiger partial charge in [-0.15, -0.1) is 16.8 Å². The Morgan fingerprint density at radius 3 is 2.70 bits per heavy atom. The number of rotatable bonds is 9. The zero-order valence-corrected chi connectivity index (χ0v) is 15.4. The lowest BCUT2D eigenvalue weighted by Gasteiger charge is -2.08. The molecule has 1 aromatic carbocycles. The summed E-state index contributed by atoms with van der Waals surface area (Å²) in [7, 11) is 0. The minimum Gasteiger partial charge on any atom is -0.357 e. The van der Waals surface area contributed by atoms with Crippen molar-refractivity contribution in [3.05, 3.63) is 42.2 Å². The van der Waals surface area contributed by atoms with Crippen LogP contribution >= 0.6 is 23.1 Å². The summed E-state index contributed by atoms with van der Waals surface area (Å²) in [6, 6.07) is 1.57. The first-order valence-electron chi connectivity index (χ1n) is 7.41. The molecule has 12 heteroatoms. The van der Waals surface area contributed by atoms with Crippen molar-refractivity contribution >= 4 is 45.7 Å². The number of aromatic nitrogens is 2. The van der Waals surface area contributed by atoms with Crippen LogP contribution in [-0.2, 0) is 9.59 Å². The van der Waals surface area contributed by atoms with Gasteiger partial charge in [-0.2, -0.15) is 0 Å². The van der Waals surface area contributed by atoms with Crippen molar-refractivity contribution in [2.24, 2.45) is 0 Å². The van der Waals surface area contributed by atoms with Crippen molar-refractivity contribution in [1.82, 2.24) is 15.5 Å². The van der Waals surface area contributed by atoms with Crippen molar-refractivity contribution in [3.63, 3.8) is 0 Å². The molecule has 0 aliphatic rings. The number of carbonyl (C=O) groups is 2. The lowest BCUT2D eigenvalue weighted by molar-refractivity contribution is -0.122. The molecule has 0 bridgehead atoms. The van der Waals surface area contributed by atoms with Crippen molar-refractivity contribution in [1.29, 1.82) is 0 Å². The molecule has 1 heterocycles. The van der Waals surface area contributed by atoms with Gasteiger partial charge in [-0.25, -0.2) is 13.2 Å². The Hall–Kier alpha value is -2.60. The molecule has 27 heavy (non-hydrogen) atoms. The van der Waals surface area contributed by atoms with Crippen LogP contribution in [0.4, 0.5) is 24.0 Å². The van der Waals surface area contributed by atoms with Crippen molar-refractivity contribution in [2.45, 2.75) is 4.34 Å². The number of amides is 2. The molecule has 0 spiro atoms. The monoisotopic (exact) mass is 417 g/mol. The zero-order chi connectivity index (χ0) is 19.8. The maximum atomic E-state index is 13.5. The lowest BCUT2D eigenvalue weighted by Crippen LogP contribution is -2.34. The van der Waals surface area contributed by atoms with Crippen LogP contribution in [0.5, 0.6) is 0 Å². The van der Waals surface area contributed by atoms with Gasteiger partial charge in [-0.05, 0) is 12.1 Å². The highest BCUT2D eigenvalue weighted by molar-refractivity contribution is 8.01. The van der Waals surface area contributed by atoms with Crippen molar-refractivity contribution in [3.8, 4) is 0 Å². The number of carbonyl (C=O) groups excluding carboxylic acids is 2. The van der Waals surface area contributed by atoms with Crippen LogP contribution in [0.3, 0.4) is 0 Å². The second-order valence-corrected chi connectivity index (χ2v) is 7.08. The molecule has 2 amide bonds. The van der Waals surface area contributed by atoms with E-state index in [0.29, 0.717) is 22.1 Å². The molecule has 0 saturated heterocycles. The van der Waals surface area contributed by atoms with Crippen LogP contribution in [0.2, 0.25) is 0 Å². The molecular weight excluding hydrogens is 403 g/mol. The van der Waals surface area contributed by atoms with Gasteiger partial charge < -0.3 is 16.0 Å². The largest absolute Gasteiger partial charge is 0.357 e. The Morgan fingerprint density at radius 2 is 1.96 bits per heavy atom. The Kier molecular flexibility index (Phi) is 7.61. The highest BCUT2D eigenvalue weighted by Crippen LogP contribution is 2.25. The van der Waals surface area contributed by atoms with Crippen LogP contribution in [0.1, 0.15) is 0 Å². The summed E-state index contributed by atoms with van der Waals surface area (Å²) >= 11 is 2.39. The number of benzene rings is 1. The number of nitrogens with one attached hydrogen (secondary N) is 3. The third-order valence-electron chi connectivity index (χ3n) is 2.89. The summed E-state index contributed by atoms with van der Waals surface area (Å²) in [5, 5.41) is 15.7. The molecule has 0 aliphatic heterocycles. The van der Waals surface area contributed by atoms with Crippen molar-refractivity contribution < 1.29 is 22.8 Å². The van der Waals surface area contributed by atoms with E-state index in [1.54, 1.807) is 6.08 Å².